The van der Waals surface area contributed by atoms with Crippen molar-refractivity contribution in [2.24, 2.45) is 5.73 Å². The number of carbonyl (C=O) groups excluding carboxylic acids is 2. The van der Waals surface area contributed by atoms with Crippen LogP contribution in [-0.4, -0.2) is 73.5 Å². The van der Waals surface area contributed by atoms with E-state index in [-0.39, 0.29) is 38.8 Å². The summed E-state index contributed by atoms with van der Waals surface area (Å²) in [5.74, 6) is -1.53. The van der Waals surface area contributed by atoms with Gasteiger partial charge in [0.05, 0.1) is 25.7 Å². The molecular formula is C11H19N3O6. The second-order valence-corrected chi connectivity index (χ2v) is 4.29. The first kappa shape index (κ1) is 16.2. The van der Waals surface area contributed by atoms with Gasteiger partial charge in [0.15, 0.2) is 0 Å². The number of nitrogens with one attached hydrogen (secondary N) is 1. The number of hydrogen-bond donors (Lipinski definition) is 3. The normalized spacial score (nSPS) is 18.6. The molecule has 9 heteroatoms. The van der Waals surface area contributed by atoms with Crippen molar-refractivity contribution in [2.75, 3.05) is 39.5 Å². The first-order chi connectivity index (χ1) is 9.49. The van der Waals surface area contributed by atoms with Crippen LogP contribution in [0.3, 0.4) is 0 Å². The van der Waals surface area contributed by atoms with Crippen LogP contribution >= 0.6 is 0 Å². The van der Waals surface area contributed by atoms with Gasteiger partial charge in [-0.3, -0.25) is 9.59 Å². The fourth-order valence-corrected chi connectivity index (χ4v) is 1.74. The van der Waals surface area contributed by atoms with Gasteiger partial charge in [0.25, 0.3) is 0 Å². The molecule has 0 bridgehead atoms. The van der Waals surface area contributed by atoms with Gasteiger partial charge < -0.3 is 30.5 Å². The fourth-order valence-electron chi connectivity index (χ4n) is 1.74. The molecule has 1 atom stereocenters. The minimum absolute atomic E-state index is 0.133. The third kappa shape index (κ3) is 6.34. The number of nitrogens with two attached hydrogens (primary N) is 1. The number of hydrogen-bond acceptors (Lipinski definition) is 5. The molecule has 9 nitrogen and oxygen atoms in total. The molecule has 20 heavy (non-hydrogen) atoms. The molecule has 3 amide bonds. The number of rotatable bonds is 7. The Morgan fingerprint density at radius 2 is 2.20 bits per heavy atom. The zero-order chi connectivity index (χ0) is 15.0. The Hall–Kier alpha value is -1.87. The fraction of sp³-hybridized carbons (Fsp3) is 0.727. The Labute approximate surface area is 116 Å². The zero-order valence-electron chi connectivity index (χ0n) is 11.0. The number of nitrogens with zero attached hydrogens (tertiary/aromatic N) is 1. The van der Waals surface area contributed by atoms with Crippen LogP contribution in [0.25, 0.3) is 0 Å². The van der Waals surface area contributed by atoms with Gasteiger partial charge in [0, 0.05) is 19.6 Å². The van der Waals surface area contributed by atoms with Crippen LogP contribution in [0.2, 0.25) is 0 Å². The van der Waals surface area contributed by atoms with Gasteiger partial charge in [-0.05, 0) is 0 Å². The van der Waals surface area contributed by atoms with Crippen molar-refractivity contribution in [2.45, 2.75) is 12.5 Å². The summed E-state index contributed by atoms with van der Waals surface area (Å²) in [6.07, 6.45) is -0.621. The molecule has 1 unspecified atom stereocenters. The van der Waals surface area contributed by atoms with Crippen molar-refractivity contribution in [3.63, 3.8) is 0 Å². The van der Waals surface area contributed by atoms with Gasteiger partial charge >= 0.3 is 12.0 Å². The van der Waals surface area contributed by atoms with Gasteiger partial charge in [0.2, 0.25) is 5.91 Å². The predicted octanol–water partition coefficient (Wildman–Crippen LogP) is -1.63. The summed E-state index contributed by atoms with van der Waals surface area (Å²) < 4.78 is 10.2. The molecule has 0 aliphatic carbocycles. The third-order valence-electron chi connectivity index (χ3n) is 2.60. The molecule has 0 aromatic rings. The van der Waals surface area contributed by atoms with Crippen LogP contribution in [0, 0.1) is 0 Å². The van der Waals surface area contributed by atoms with E-state index in [1.165, 1.54) is 4.90 Å². The van der Waals surface area contributed by atoms with Crippen LogP contribution in [0.4, 0.5) is 4.79 Å². The molecular weight excluding hydrogens is 270 g/mol. The molecule has 1 aliphatic heterocycles. The maximum atomic E-state index is 11.8. The highest BCUT2D eigenvalue weighted by Gasteiger charge is 2.25. The Bertz CT molecular complexity index is 362. The van der Waals surface area contributed by atoms with Crippen molar-refractivity contribution in [3.05, 3.63) is 0 Å². The summed E-state index contributed by atoms with van der Waals surface area (Å²) in [5, 5.41) is 11.3. The summed E-state index contributed by atoms with van der Waals surface area (Å²) in [6, 6.07) is -0.314. The van der Waals surface area contributed by atoms with Crippen molar-refractivity contribution >= 4 is 17.9 Å². The topological polar surface area (TPSA) is 131 Å². The van der Waals surface area contributed by atoms with Gasteiger partial charge in [-0.25, -0.2) is 4.79 Å². The molecule has 0 radical (unpaired) electrons. The van der Waals surface area contributed by atoms with Crippen molar-refractivity contribution in [1.29, 1.82) is 0 Å². The monoisotopic (exact) mass is 289 g/mol. The first-order valence-electron chi connectivity index (χ1n) is 6.21. The molecule has 0 spiro atoms. The Morgan fingerprint density at radius 1 is 1.45 bits per heavy atom. The lowest BCUT2D eigenvalue weighted by Crippen LogP contribution is -2.50. The minimum atomic E-state index is -0.961. The Morgan fingerprint density at radius 3 is 2.85 bits per heavy atom. The molecule has 114 valence electrons. The molecule has 0 aromatic heterocycles. The first-order valence-corrected chi connectivity index (χ1v) is 6.21. The van der Waals surface area contributed by atoms with E-state index in [1.807, 2.05) is 0 Å². The van der Waals surface area contributed by atoms with Crippen molar-refractivity contribution < 1.29 is 29.0 Å². The number of urea groups is 1. The number of aliphatic carboxylic acids is 1. The Kier molecular flexibility index (Phi) is 6.74. The lowest BCUT2D eigenvalue weighted by Gasteiger charge is -2.32. The van der Waals surface area contributed by atoms with E-state index in [1.54, 1.807) is 0 Å². The molecule has 1 rings (SSSR count). The number of carboxylic acid groups (broad SMARTS) is 1. The number of morpholine rings is 1. The number of carbonyl (C=O) groups is 3. The summed E-state index contributed by atoms with van der Waals surface area (Å²) >= 11 is 0. The largest absolute Gasteiger partial charge is 0.481 e. The van der Waals surface area contributed by atoms with E-state index in [0.717, 1.165) is 0 Å². The minimum Gasteiger partial charge on any atom is -0.481 e. The van der Waals surface area contributed by atoms with E-state index in [4.69, 9.17) is 20.3 Å². The Balaban J connectivity index is 2.21. The number of carboxylic acids is 1. The van der Waals surface area contributed by atoms with E-state index in [0.29, 0.717) is 13.2 Å². The summed E-state index contributed by atoms with van der Waals surface area (Å²) in [7, 11) is 0. The number of ether oxygens (including phenoxy) is 2. The highest BCUT2D eigenvalue weighted by molar-refractivity contribution is 5.75. The number of amides is 3. The maximum absolute atomic E-state index is 11.8. The summed E-state index contributed by atoms with van der Waals surface area (Å²) in [4.78, 5) is 34.3. The zero-order valence-corrected chi connectivity index (χ0v) is 11.0. The predicted molar refractivity (Wildman–Crippen MR) is 67.0 cm³/mol. The molecule has 1 fully saturated rings. The average molecular weight is 289 g/mol. The van der Waals surface area contributed by atoms with Gasteiger partial charge in [0.1, 0.15) is 6.61 Å². The molecule has 1 heterocycles. The molecule has 0 saturated carbocycles. The standard InChI is InChI=1S/C11H19N3O6/c12-9(15)7-19-3-1-13-11(18)14-2-4-20-8(6-14)5-10(16)17/h8H,1-7H2,(H2,12,15)(H,13,18)(H,16,17). The smallest absolute Gasteiger partial charge is 0.317 e. The van der Waals surface area contributed by atoms with Crippen LogP contribution < -0.4 is 11.1 Å². The van der Waals surface area contributed by atoms with Gasteiger partial charge in [-0.1, -0.05) is 0 Å². The number of primary amides is 1. The maximum Gasteiger partial charge on any atom is 0.317 e. The van der Waals surface area contributed by atoms with Crippen LogP contribution in [-0.2, 0) is 19.1 Å². The summed E-state index contributed by atoms with van der Waals surface area (Å²) in [5.41, 5.74) is 4.89. The molecule has 1 saturated heterocycles. The average Bonchev–Trinajstić information content (AvgIpc) is 2.37. The van der Waals surface area contributed by atoms with E-state index in [2.05, 4.69) is 5.32 Å². The second-order valence-electron chi connectivity index (χ2n) is 4.29. The highest BCUT2D eigenvalue weighted by atomic mass is 16.5. The van der Waals surface area contributed by atoms with Crippen LogP contribution in [0.15, 0.2) is 0 Å². The van der Waals surface area contributed by atoms with Crippen molar-refractivity contribution in [3.8, 4) is 0 Å². The van der Waals surface area contributed by atoms with Gasteiger partial charge in [-0.15, -0.1) is 0 Å². The second kappa shape index (κ2) is 8.33. The van der Waals surface area contributed by atoms with Crippen LogP contribution in [0.5, 0.6) is 0 Å². The molecule has 0 aromatic carbocycles. The SMILES string of the molecule is NC(=O)COCCNC(=O)N1CCOC(CC(=O)O)C1. The van der Waals surface area contributed by atoms with E-state index in [9.17, 15) is 14.4 Å². The molecule has 1 aliphatic rings. The lowest BCUT2D eigenvalue weighted by molar-refractivity contribution is -0.141. The highest BCUT2D eigenvalue weighted by Crippen LogP contribution is 2.08. The third-order valence-corrected chi connectivity index (χ3v) is 2.60. The molecule has 4 N–H and O–H groups in total. The van der Waals surface area contributed by atoms with Gasteiger partial charge in [-0.2, -0.15) is 0 Å². The lowest BCUT2D eigenvalue weighted by atomic mass is 10.2. The summed E-state index contributed by atoms with van der Waals surface area (Å²) in [6.45, 7) is 1.19. The quantitative estimate of drug-likeness (QED) is 0.482. The van der Waals surface area contributed by atoms with Crippen LogP contribution in [0.1, 0.15) is 6.42 Å². The van der Waals surface area contributed by atoms with E-state index >= 15 is 0 Å². The van der Waals surface area contributed by atoms with Crippen molar-refractivity contribution in [1.82, 2.24) is 10.2 Å². The van der Waals surface area contributed by atoms with E-state index < -0.39 is 18.0 Å².